The normalized spacial score (nSPS) is 14.8. The molecule has 34 heavy (non-hydrogen) atoms. The van der Waals surface area contributed by atoms with E-state index in [0.717, 1.165) is 61.3 Å². The third kappa shape index (κ3) is 8.52. The molecule has 2 atom stereocenters. The molecule has 0 saturated carbocycles. The molecular weight excluding hydrogens is 498 g/mol. The van der Waals surface area contributed by atoms with Crippen LogP contribution in [0.2, 0.25) is 0 Å². The zero-order valence-electron chi connectivity index (χ0n) is 20.1. The Morgan fingerprint density at radius 1 is 1.32 bits per heavy atom. The van der Waals surface area contributed by atoms with Crippen molar-refractivity contribution in [2.45, 2.75) is 57.6 Å². The van der Waals surface area contributed by atoms with Gasteiger partial charge < -0.3 is 25.4 Å². The highest BCUT2D eigenvalue weighted by Gasteiger charge is 2.20. The van der Waals surface area contributed by atoms with Crippen LogP contribution in [-0.2, 0) is 22.4 Å². The first-order valence-electron chi connectivity index (χ1n) is 12.0. The second kappa shape index (κ2) is 13.6. The van der Waals surface area contributed by atoms with Gasteiger partial charge in [-0.05, 0) is 75.8 Å². The fourth-order valence-electron chi connectivity index (χ4n) is 4.11. The van der Waals surface area contributed by atoms with Crippen molar-refractivity contribution >= 4 is 33.5 Å². The minimum absolute atomic E-state index is 0.0800. The number of carboxylic acid groups (broad SMARTS) is 1. The predicted molar refractivity (Wildman–Crippen MR) is 138 cm³/mol. The van der Waals surface area contributed by atoms with Crippen LogP contribution in [0.15, 0.2) is 34.9 Å². The van der Waals surface area contributed by atoms with Gasteiger partial charge in [-0.2, -0.15) is 0 Å². The number of aliphatic carboxylic acids is 1. The number of ether oxygens (including phenoxy) is 1. The summed E-state index contributed by atoms with van der Waals surface area (Å²) in [5.41, 5.74) is 2.44. The topological polar surface area (TPSA) is 99.6 Å². The Morgan fingerprint density at radius 2 is 2.18 bits per heavy atom. The van der Waals surface area contributed by atoms with Crippen LogP contribution >= 0.6 is 15.9 Å². The lowest BCUT2D eigenvalue weighted by Crippen LogP contribution is -2.38. The van der Waals surface area contributed by atoms with Crippen LogP contribution in [0.1, 0.15) is 43.9 Å². The van der Waals surface area contributed by atoms with E-state index in [1.54, 1.807) is 19.4 Å². The molecule has 9 heteroatoms. The number of fused-ring (bicyclic) bond motifs is 1. The summed E-state index contributed by atoms with van der Waals surface area (Å²) in [4.78, 5) is 23.1. The van der Waals surface area contributed by atoms with Gasteiger partial charge in [0.05, 0.1) is 6.10 Å². The number of nitrogens with one attached hydrogen (secondary N) is 2. The van der Waals surface area contributed by atoms with Gasteiger partial charge in [-0.15, -0.1) is 0 Å². The summed E-state index contributed by atoms with van der Waals surface area (Å²) in [6.07, 6.45) is 7.46. The van der Waals surface area contributed by atoms with Gasteiger partial charge in [-0.25, -0.2) is 14.8 Å². The molecule has 3 heterocycles. The minimum Gasteiger partial charge on any atom is -0.480 e. The number of carbonyl (C=O) groups is 1. The first kappa shape index (κ1) is 26.4. The van der Waals surface area contributed by atoms with E-state index in [0.29, 0.717) is 18.8 Å². The summed E-state index contributed by atoms with van der Waals surface area (Å²) in [7, 11) is 1.71. The Hall–Kier alpha value is -2.23. The van der Waals surface area contributed by atoms with Gasteiger partial charge in [-0.3, -0.25) is 0 Å². The zero-order chi connectivity index (χ0) is 24.3. The summed E-state index contributed by atoms with van der Waals surface area (Å²) in [5, 5.41) is 16.2. The highest BCUT2D eigenvalue weighted by molar-refractivity contribution is 9.10. The Morgan fingerprint density at radius 3 is 2.94 bits per heavy atom. The average Bonchev–Trinajstić information content (AvgIpc) is 2.83. The van der Waals surface area contributed by atoms with Crippen molar-refractivity contribution in [3.05, 3.63) is 46.2 Å². The SMILES string of the molecule is COC(C)CN(CCCCc1ccc2c(n1)NCCC2)CCC(Nc1cc(Br)ccn1)C(=O)O. The predicted octanol–water partition coefficient (Wildman–Crippen LogP) is 4.21. The first-order valence-corrected chi connectivity index (χ1v) is 12.8. The molecule has 0 fully saturated rings. The minimum atomic E-state index is -0.881. The lowest BCUT2D eigenvalue weighted by molar-refractivity contribution is -0.138. The molecule has 0 aliphatic carbocycles. The highest BCUT2D eigenvalue weighted by atomic mass is 79.9. The summed E-state index contributed by atoms with van der Waals surface area (Å²) < 4.78 is 6.32. The molecule has 0 bridgehead atoms. The van der Waals surface area contributed by atoms with Crippen LogP contribution < -0.4 is 10.6 Å². The molecule has 1 aliphatic rings. The molecule has 0 amide bonds. The van der Waals surface area contributed by atoms with Crippen molar-refractivity contribution in [1.29, 1.82) is 0 Å². The largest absolute Gasteiger partial charge is 0.480 e. The van der Waals surface area contributed by atoms with Gasteiger partial charge in [-0.1, -0.05) is 22.0 Å². The van der Waals surface area contributed by atoms with E-state index in [4.69, 9.17) is 9.72 Å². The standard InChI is InChI=1S/C25H36BrN5O3/c1-18(34-2)17-31(15-11-22(25(32)33)30-23-16-20(26)10-13-27-23)14-4-3-7-21-9-8-19-6-5-12-28-24(19)29-21/h8-10,13,16,18,22H,3-7,11-12,14-15,17H2,1-2H3,(H,27,30)(H,28,29)(H,32,33). The van der Waals surface area contributed by atoms with Crippen LogP contribution in [0.25, 0.3) is 0 Å². The summed E-state index contributed by atoms with van der Waals surface area (Å²) in [5.74, 6) is 0.714. The molecule has 2 unspecified atom stereocenters. The third-order valence-corrected chi connectivity index (χ3v) is 6.60. The van der Waals surface area contributed by atoms with Gasteiger partial charge in [0.15, 0.2) is 0 Å². The Balaban J connectivity index is 1.50. The van der Waals surface area contributed by atoms with Crippen molar-refractivity contribution in [3.8, 4) is 0 Å². The van der Waals surface area contributed by atoms with E-state index in [1.165, 1.54) is 12.0 Å². The number of hydrogen-bond donors (Lipinski definition) is 3. The molecule has 0 saturated heterocycles. The summed E-state index contributed by atoms with van der Waals surface area (Å²) in [6, 6.07) is 7.23. The maximum Gasteiger partial charge on any atom is 0.326 e. The Labute approximate surface area is 210 Å². The first-order chi connectivity index (χ1) is 16.4. The number of aryl methyl sites for hydroxylation is 2. The maximum absolute atomic E-state index is 11.8. The highest BCUT2D eigenvalue weighted by Crippen LogP contribution is 2.20. The number of aromatic nitrogens is 2. The van der Waals surface area contributed by atoms with Gasteiger partial charge >= 0.3 is 5.97 Å². The van der Waals surface area contributed by atoms with Crippen molar-refractivity contribution < 1.29 is 14.6 Å². The van der Waals surface area contributed by atoms with Crippen LogP contribution in [-0.4, -0.2) is 71.4 Å². The molecule has 0 spiro atoms. The number of methoxy groups -OCH3 is 1. The molecule has 8 nitrogen and oxygen atoms in total. The van der Waals surface area contributed by atoms with Crippen LogP contribution in [0.4, 0.5) is 11.6 Å². The summed E-state index contributed by atoms with van der Waals surface area (Å²) in [6.45, 7) is 5.35. The number of unbranched alkanes of at least 4 members (excludes halogenated alkanes) is 1. The molecule has 3 rings (SSSR count). The number of halogens is 1. The number of nitrogens with zero attached hydrogens (tertiary/aromatic N) is 3. The average molecular weight is 534 g/mol. The molecule has 0 aromatic carbocycles. The van der Waals surface area contributed by atoms with Crippen molar-refractivity contribution in [1.82, 2.24) is 14.9 Å². The van der Waals surface area contributed by atoms with E-state index < -0.39 is 12.0 Å². The fraction of sp³-hybridized carbons (Fsp3) is 0.560. The molecule has 186 valence electrons. The molecule has 2 aromatic heterocycles. The lowest BCUT2D eigenvalue weighted by atomic mass is 10.1. The van der Waals surface area contributed by atoms with E-state index in [9.17, 15) is 9.90 Å². The van der Waals surface area contributed by atoms with Gasteiger partial charge in [0.2, 0.25) is 0 Å². The van der Waals surface area contributed by atoms with E-state index in [-0.39, 0.29) is 6.10 Å². The Kier molecular flexibility index (Phi) is 10.6. The van der Waals surface area contributed by atoms with Gasteiger partial charge in [0, 0.05) is 43.1 Å². The fourth-order valence-corrected chi connectivity index (χ4v) is 4.45. The van der Waals surface area contributed by atoms with Crippen LogP contribution in [0.3, 0.4) is 0 Å². The number of anilines is 2. The van der Waals surface area contributed by atoms with Gasteiger partial charge in [0.25, 0.3) is 0 Å². The molecule has 2 aromatic rings. The van der Waals surface area contributed by atoms with Crippen LogP contribution in [0.5, 0.6) is 0 Å². The van der Waals surface area contributed by atoms with E-state index in [2.05, 4.69) is 48.6 Å². The molecule has 0 radical (unpaired) electrons. The lowest BCUT2D eigenvalue weighted by Gasteiger charge is -2.26. The smallest absolute Gasteiger partial charge is 0.326 e. The monoisotopic (exact) mass is 533 g/mol. The van der Waals surface area contributed by atoms with Crippen molar-refractivity contribution in [2.75, 3.05) is 43.9 Å². The number of rotatable bonds is 14. The number of hydrogen-bond acceptors (Lipinski definition) is 7. The quantitative estimate of drug-likeness (QED) is 0.310. The Bertz CT molecular complexity index is 929. The third-order valence-electron chi connectivity index (χ3n) is 6.10. The number of carboxylic acids is 1. The van der Waals surface area contributed by atoms with Crippen molar-refractivity contribution in [2.24, 2.45) is 0 Å². The maximum atomic E-state index is 11.8. The molecule has 1 aliphatic heterocycles. The van der Waals surface area contributed by atoms with E-state index in [1.807, 2.05) is 13.0 Å². The van der Waals surface area contributed by atoms with E-state index >= 15 is 0 Å². The zero-order valence-corrected chi connectivity index (χ0v) is 21.7. The second-order valence-corrected chi connectivity index (χ2v) is 9.74. The summed E-state index contributed by atoms with van der Waals surface area (Å²) >= 11 is 3.40. The molecule has 3 N–H and O–H groups in total. The van der Waals surface area contributed by atoms with Crippen molar-refractivity contribution in [3.63, 3.8) is 0 Å². The number of pyridine rings is 2. The van der Waals surface area contributed by atoms with Crippen LogP contribution in [0, 0.1) is 0 Å². The second-order valence-electron chi connectivity index (χ2n) is 8.83. The molecular formula is C25H36BrN5O3. The van der Waals surface area contributed by atoms with Gasteiger partial charge in [0.1, 0.15) is 17.7 Å².